The van der Waals surface area contributed by atoms with Gasteiger partial charge in [-0.3, -0.25) is 0 Å². The van der Waals surface area contributed by atoms with E-state index in [1.807, 2.05) is 17.8 Å². The first-order valence-corrected chi connectivity index (χ1v) is 8.96. The van der Waals surface area contributed by atoms with Crippen LogP contribution in [0.1, 0.15) is 50.3 Å². The van der Waals surface area contributed by atoms with Gasteiger partial charge in [-0.05, 0) is 25.7 Å². The van der Waals surface area contributed by atoms with Crippen LogP contribution in [0.4, 0.5) is 4.79 Å². The van der Waals surface area contributed by atoms with E-state index in [0.717, 1.165) is 31.4 Å². The maximum Gasteiger partial charge on any atom is 0.315 e. The standard InChI is InChI=1S/C17H28N4O3/c1-21-12-18-11-15(21)16-10-13(6-8-24-16)20-17(22)19-7-9-23-14-4-2-3-5-14/h11-14,16H,2-10H2,1H3,(H2,19,20,22)/t13-,16-/m1/s1. The molecule has 1 saturated carbocycles. The predicted octanol–water partition coefficient (Wildman–Crippen LogP) is 1.90. The van der Waals surface area contributed by atoms with Crippen LogP contribution in [-0.4, -0.2) is 47.5 Å². The number of carbonyl (C=O) groups excluding carboxylic acids is 1. The third-order valence-corrected chi connectivity index (χ3v) is 4.85. The van der Waals surface area contributed by atoms with Gasteiger partial charge in [-0.2, -0.15) is 0 Å². The summed E-state index contributed by atoms with van der Waals surface area (Å²) in [5, 5.41) is 5.92. The lowest BCUT2D eigenvalue weighted by molar-refractivity contribution is -0.00186. The van der Waals surface area contributed by atoms with Crippen LogP contribution in [0.25, 0.3) is 0 Å². The van der Waals surface area contributed by atoms with E-state index in [2.05, 4.69) is 15.6 Å². The quantitative estimate of drug-likeness (QED) is 0.778. The molecule has 2 fully saturated rings. The number of hydrogen-bond acceptors (Lipinski definition) is 4. The van der Waals surface area contributed by atoms with Gasteiger partial charge in [0, 0.05) is 26.2 Å². The van der Waals surface area contributed by atoms with Gasteiger partial charge in [0.25, 0.3) is 0 Å². The second-order valence-corrected chi connectivity index (χ2v) is 6.69. The van der Waals surface area contributed by atoms with Gasteiger partial charge in [-0.1, -0.05) is 12.8 Å². The molecule has 2 amide bonds. The first-order valence-electron chi connectivity index (χ1n) is 8.96. The van der Waals surface area contributed by atoms with E-state index >= 15 is 0 Å². The topological polar surface area (TPSA) is 77.4 Å². The molecular weight excluding hydrogens is 308 g/mol. The first kappa shape index (κ1) is 17.2. The minimum Gasteiger partial charge on any atom is -0.376 e. The Morgan fingerprint density at radius 1 is 1.42 bits per heavy atom. The van der Waals surface area contributed by atoms with Gasteiger partial charge in [0.15, 0.2) is 0 Å². The Kier molecular flexibility index (Phi) is 6.09. The molecule has 1 aromatic rings. The summed E-state index contributed by atoms with van der Waals surface area (Å²) in [6, 6.07) is -0.00456. The van der Waals surface area contributed by atoms with Crippen LogP contribution in [0.15, 0.2) is 12.5 Å². The van der Waals surface area contributed by atoms with Gasteiger partial charge in [-0.15, -0.1) is 0 Å². The van der Waals surface area contributed by atoms with Gasteiger partial charge in [0.1, 0.15) is 6.10 Å². The molecule has 2 heterocycles. The van der Waals surface area contributed by atoms with Gasteiger partial charge < -0.3 is 24.7 Å². The average molecular weight is 336 g/mol. The molecule has 0 radical (unpaired) electrons. The highest BCUT2D eigenvalue weighted by molar-refractivity contribution is 5.74. The molecule has 2 atom stereocenters. The minimum absolute atomic E-state index is 0.0118. The van der Waals surface area contributed by atoms with Crippen molar-refractivity contribution in [2.75, 3.05) is 19.8 Å². The third-order valence-electron chi connectivity index (χ3n) is 4.85. The average Bonchev–Trinajstić information content (AvgIpc) is 3.23. The largest absolute Gasteiger partial charge is 0.376 e. The molecule has 2 N–H and O–H groups in total. The summed E-state index contributed by atoms with van der Waals surface area (Å²) in [6.07, 6.45) is 10.4. The number of aryl methyl sites for hydroxylation is 1. The number of nitrogens with zero attached hydrogens (tertiary/aromatic N) is 2. The summed E-state index contributed by atoms with van der Waals surface area (Å²) < 4.78 is 13.5. The van der Waals surface area contributed by atoms with Crippen molar-refractivity contribution in [1.29, 1.82) is 0 Å². The zero-order chi connectivity index (χ0) is 16.8. The number of amides is 2. The van der Waals surface area contributed by atoms with Gasteiger partial charge in [0.2, 0.25) is 0 Å². The van der Waals surface area contributed by atoms with Crippen LogP contribution in [0, 0.1) is 0 Å². The highest BCUT2D eigenvalue weighted by atomic mass is 16.5. The number of nitrogens with one attached hydrogen (secondary N) is 2. The maximum atomic E-state index is 12.0. The lowest BCUT2D eigenvalue weighted by atomic mass is 10.0. The fourth-order valence-corrected chi connectivity index (χ4v) is 3.49. The van der Waals surface area contributed by atoms with Crippen molar-refractivity contribution in [2.45, 2.75) is 56.8 Å². The maximum absolute atomic E-state index is 12.0. The zero-order valence-electron chi connectivity index (χ0n) is 14.4. The van der Waals surface area contributed by atoms with Crippen LogP contribution in [0.2, 0.25) is 0 Å². The fraction of sp³-hybridized carbons (Fsp3) is 0.765. The van der Waals surface area contributed by atoms with Gasteiger partial charge in [0.05, 0.1) is 30.9 Å². The number of aromatic nitrogens is 2. The van der Waals surface area contributed by atoms with Crippen LogP contribution in [0.5, 0.6) is 0 Å². The molecule has 1 aliphatic carbocycles. The summed E-state index contributed by atoms with van der Waals surface area (Å²) in [7, 11) is 1.96. The molecule has 24 heavy (non-hydrogen) atoms. The summed E-state index contributed by atoms with van der Waals surface area (Å²) in [4.78, 5) is 16.2. The van der Waals surface area contributed by atoms with Crippen LogP contribution >= 0.6 is 0 Å². The Labute approximate surface area is 143 Å². The SMILES string of the molecule is Cn1cncc1[C@H]1C[C@H](NC(=O)NCCOC2CCCC2)CCO1. The smallest absolute Gasteiger partial charge is 0.315 e. The number of ether oxygens (including phenoxy) is 2. The normalized spacial score (nSPS) is 24.9. The number of urea groups is 1. The molecule has 0 unspecified atom stereocenters. The Balaban J connectivity index is 1.35. The van der Waals surface area contributed by atoms with Crippen molar-refractivity contribution in [2.24, 2.45) is 7.05 Å². The molecule has 3 rings (SSSR count). The van der Waals surface area contributed by atoms with Crippen molar-refractivity contribution >= 4 is 6.03 Å². The van der Waals surface area contributed by atoms with Crippen LogP contribution in [0.3, 0.4) is 0 Å². The van der Waals surface area contributed by atoms with E-state index in [4.69, 9.17) is 9.47 Å². The van der Waals surface area contributed by atoms with Crippen LogP contribution in [-0.2, 0) is 16.5 Å². The Morgan fingerprint density at radius 3 is 3.00 bits per heavy atom. The highest BCUT2D eigenvalue weighted by Crippen LogP contribution is 2.27. The minimum atomic E-state index is -0.124. The number of imidazole rings is 1. The second-order valence-electron chi connectivity index (χ2n) is 6.69. The number of rotatable bonds is 6. The lowest BCUT2D eigenvalue weighted by Gasteiger charge is -2.30. The third kappa shape index (κ3) is 4.70. The van der Waals surface area contributed by atoms with Crippen molar-refractivity contribution in [3.8, 4) is 0 Å². The van der Waals surface area contributed by atoms with Crippen molar-refractivity contribution in [3.05, 3.63) is 18.2 Å². The molecule has 0 aromatic carbocycles. The van der Waals surface area contributed by atoms with Crippen molar-refractivity contribution < 1.29 is 14.3 Å². The molecule has 134 valence electrons. The Bertz CT molecular complexity index is 528. The van der Waals surface area contributed by atoms with E-state index < -0.39 is 0 Å². The van der Waals surface area contributed by atoms with Gasteiger partial charge in [-0.25, -0.2) is 9.78 Å². The van der Waals surface area contributed by atoms with E-state index in [0.29, 0.717) is 25.9 Å². The van der Waals surface area contributed by atoms with E-state index in [9.17, 15) is 4.79 Å². The molecule has 7 nitrogen and oxygen atoms in total. The predicted molar refractivity (Wildman–Crippen MR) is 89.7 cm³/mol. The number of hydrogen-bond donors (Lipinski definition) is 2. The summed E-state index contributed by atoms with van der Waals surface area (Å²) in [6.45, 7) is 1.78. The Morgan fingerprint density at radius 2 is 2.25 bits per heavy atom. The van der Waals surface area contributed by atoms with Gasteiger partial charge >= 0.3 is 6.03 Å². The molecule has 2 aliphatic rings. The molecule has 1 saturated heterocycles. The molecule has 1 aliphatic heterocycles. The molecular formula is C17H28N4O3. The summed E-state index contributed by atoms with van der Waals surface area (Å²) in [5.74, 6) is 0. The van der Waals surface area contributed by atoms with E-state index in [-0.39, 0.29) is 18.2 Å². The summed E-state index contributed by atoms with van der Waals surface area (Å²) >= 11 is 0. The highest BCUT2D eigenvalue weighted by Gasteiger charge is 2.26. The Hall–Kier alpha value is -1.60. The zero-order valence-corrected chi connectivity index (χ0v) is 14.4. The monoisotopic (exact) mass is 336 g/mol. The van der Waals surface area contributed by atoms with Crippen molar-refractivity contribution in [1.82, 2.24) is 20.2 Å². The van der Waals surface area contributed by atoms with Crippen LogP contribution < -0.4 is 10.6 Å². The fourth-order valence-electron chi connectivity index (χ4n) is 3.49. The molecule has 0 bridgehead atoms. The molecule has 0 spiro atoms. The molecule has 7 heteroatoms. The lowest BCUT2D eigenvalue weighted by Crippen LogP contribution is -2.46. The first-order chi connectivity index (χ1) is 11.7. The van der Waals surface area contributed by atoms with E-state index in [1.165, 1.54) is 12.8 Å². The van der Waals surface area contributed by atoms with Crippen molar-refractivity contribution in [3.63, 3.8) is 0 Å². The number of carbonyl (C=O) groups is 1. The van der Waals surface area contributed by atoms with E-state index in [1.54, 1.807) is 6.33 Å². The molecule has 1 aromatic heterocycles. The second kappa shape index (κ2) is 8.48. The summed E-state index contributed by atoms with van der Waals surface area (Å²) in [5.41, 5.74) is 1.05.